The van der Waals surface area contributed by atoms with Gasteiger partial charge in [-0.1, -0.05) is 30.3 Å². The SMILES string of the molecule is Cc1cccc(C)c1-c1ccc(-c2ccnc(Nc3cccc(C(C)O)c3)n2)s1. The first-order valence-electron chi connectivity index (χ1n) is 9.56. The summed E-state index contributed by atoms with van der Waals surface area (Å²) in [5.41, 5.74) is 6.44. The van der Waals surface area contributed by atoms with Crippen LogP contribution in [0.2, 0.25) is 0 Å². The van der Waals surface area contributed by atoms with E-state index >= 15 is 0 Å². The molecule has 0 aliphatic rings. The molecule has 0 aliphatic carbocycles. The molecule has 4 rings (SSSR count). The van der Waals surface area contributed by atoms with Crippen LogP contribution in [0.15, 0.2) is 66.9 Å². The first-order chi connectivity index (χ1) is 14.0. The third kappa shape index (κ3) is 4.21. The maximum Gasteiger partial charge on any atom is 0.227 e. The van der Waals surface area contributed by atoms with Crippen LogP contribution in [0.25, 0.3) is 21.0 Å². The Labute approximate surface area is 174 Å². The second-order valence-corrected chi connectivity index (χ2v) is 8.21. The summed E-state index contributed by atoms with van der Waals surface area (Å²) >= 11 is 1.74. The van der Waals surface area contributed by atoms with Crippen molar-refractivity contribution in [2.45, 2.75) is 26.9 Å². The topological polar surface area (TPSA) is 58.0 Å². The molecule has 5 heteroatoms. The van der Waals surface area contributed by atoms with Crippen molar-refractivity contribution in [3.63, 3.8) is 0 Å². The van der Waals surface area contributed by atoms with E-state index in [1.54, 1.807) is 24.5 Å². The zero-order valence-electron chi connectivity index (χ0n) is 16.7. The molecule has 4 nitrogen and oxygen atoms in total. The molecule has 146 valence electrons. The zero-order valence-corrected chi connectivity index (χ0v) is 17.5. The molecular weight excluding hydrogens is 378 g/mol. The van der Waals surface area contributed by atoms with Gasteiger partial charge in [0.2, 0.25) is 5.95 Å². The molecule has 2 aromatic carbocycles. The summed E-state index contributed by atoms with van der Waals surface area (Å²) in [6.07, 6.45) is 1.25. The van der Waals surface area contributed by atoms with Gasteiger partial charge in [0.1, 0.15) is 0 Å². The lowest BCUT2D eigenvalue weighted by Gasteiger charge is -2.09. The highest BCUT2D eigenvalue weighted by atomic mass is 32.1. The summed E-state index contributed by atoms with van der Waals surface area (Å²) in [5.74, 6) is 0.535. The number of aryl methyl sites for hydroxylation is 2. The van der Waals surface area contributed by atoms with Gasteiger partial charge in [-0.15, -0.1) is 11.3 Å². The Morgan fingerprint density at radius 2 is 1.66 bits per heavy atom. The standard InChI is InChI=1S/C24H23N3OS/c1-15-6-4-7-16(2)23(15)22-11-10-21(29-22)20-12-13-25-24(27-20)26-19-9-5-8-18(14-19)17(3)28/h4-14,17,28H,1-3H3,(H,25,26,27). The maximum atomic E-state index is 9.78. The van der Waals surface area contributed by atoms with Crippen molar-refractivity contribution >= 4 is 23.0 Å². The Morgan fingerprint density at radius 1 is 0.931 bits per heavy atom. The summed E-state index contributed by atoms with van der Waals surface area (Å²) in [5, 5.41) is 13.0. The van der Waals surface area contributed by atoms with Crippen LogP contribution in [0.5, 0.6) is 0 Å². The van der Waals surface area contributed by atoms with E-state index in [1.807, 2.05) is 30.3 Å². The van der Waals surface area contributed by atoms with Gasteiger partial charge in [-0.2, -0.15) is 0 Å². The van der Waals surface area contributed by atoms with Crippen LogP contribution >= 0.6 is 11.3 Å². The highest BCUT2D eigenvalue weighted by Gasteiger charge is 2.11. The fraction of sp³-hybridized carbons (Fsp3) is 0.167. The average molecular weight is 402 g/mol. The van der Waals surface area contributed by atoms with Crippen LogP contribution in [0.3, 0.4) is 0 Å². The third-order valence-electron chi connectivity index (χ3n) is 4.87. The van der Waals surface area contributed by atoms with Crippen molar-refractivity contribution in [3.8, 4) is 21.0 Å². The van der Waals surface area contributed by atoms with Gasteiger partial charge in [-0.05, 0) is 73.4 Å². The van der Waals surface area contributed by atoms with E-state index in [9.17, 15) is 5.11 Å². The van der Waals surface area contributed by atoms with E-state index in [1.165, 1.54) is 21.6 Å². The second kappa shape index (κ2) is 8.15. The molecule has 2 heterocycles. The number of aromatic nitrogens is 2. The maximum absolute atomic E-state index is 9.78. The number of nitrogens with zero attached hydrogens (tertiary/aromatic N) is 2. The van der Waals surface area contributed by atoms with Crippen molar-refractivity contribution < 1.29 is 5.11 Å². The highest BCUT2D eigenvalue weighted by molar-refractivity contribution is 7.18. The van der Waals surface area contributed by atoms with Crippen LogP contribution < -0.4 is 5.32 Å². The van der Waals surface area contributed by atoms with Crippen LogP contribution in [0.4, 0.5) is 11.6 Å². The number of aliphatic hydroxyl groups excluding tert-OH is 1. The lowest BCUT2D eigenvalue weighted by molar-refractivity contribution is 0.199. The molecule has 0 aliphatic heterocycles. The van der Waals surface area contributed by atoms with Gasteiger partial charge in [0.25, 0.3) is 0 Å². The van der Waals surface area contributed by atoms with Crippen molar-refractivity contribution in [1.29, 1.82) is 0 Å². The van der Waals surface area contributed by atoms with E-state index < -0.39 is 6.10 Å². The van der Waals surface area contributed by atoms with Gasteiger partial charge in [-0.25, -0.2) is 9.97 Å². The Hall–Kier alpha value is -3.02. The first-order valence-corrected chi connectivity index (χ1v) is 10.4. The Balaban J connectivity index is 1.62. The number of hydrogen-bond donors (Lipinski definition) is 2. The van der Waals surface area contributed by atoms with Crippen LogP contribution in [-0.2, 0) is 0 Å². The molecule has 4 aromatic rings. The van der Waals surface area contributed by atoms with E-state index in [4.69, 9.17) is 4.98 Å². The van der Waals surface area contributed by atoms with Gasteiger partial charge in [0, 0.05) is 16.8 Å². The molecule has 0 saturated carbocycles. The Bertz CT molecular complexity index is 1130. The van der Waals surface area contributed by atoms with E-state index in [2.05, 4.69) is 54.5 Å². The van der Waals surface area contributed by atoms with Gasteiger partial charge < -0.3 is 10.4 Å². The summed E-state index contributed by atoms with van der Waals surface area (Å²) in [6.45, 7) is 6.05. The predicted molar refractivity (Wildman–Crippen MR) is 121 cm³/mol. The molecule has 2 N–H and O–H groups in total. The largest absolute Gasteiger partial charge is 0.389 e. The van der Waals surface area contributed by atoms with E-state index in [-0.39, 0.29) is 0 Å². The van der Waals surface area contributed by atoms with Gasteiger partial charge in [-0.3, -0.25) is 0 Å². The van der Waals surface area contributed by atoms with E-state index in [0.29, 0.717) is 5.95 Å². The van der Waals surface area contributed by atoms with E-state index in [0.717, 1.165) is 21.8 Å². The molecule has 0 radical (unpaired) electrons. The van der Waals surface area contributed by atoms with Gasteiger partial charge >= 0.3 is 0 Å². The van der Waals surface area contributed by atoms with Gasteiger partial charge in [0.05, 0.1) is 16.7 Å². The lowest BCUT2D eigenvalue weighted by Crippen LogP contribution is -1.99. The van der Waals surface area contributed by atoms with Gasteiger partial charge in [0.15, 0.2) is 0 Å². The number of hydrogen-bond acceptors (Lipinski definition) is 5. The fourth-order valence-electron chi connectivity index (χ4n) is 3.37. The smallest absolute Gasteiger partial charge is 0.227 e. The molecule has 29 heavy (non-hydrogen) atoms. The number of rotatable bonds is 5. The normalized spacial score (nSPS) is 12.0. The van der Waals surface area contributed by atoms with Crippen molar-refractivity contribution in [3.05, 3.63) is 83.6 Å². The monoisotopic (exact) mass is 401 g/mol. The minimum atomic E-state index is -0.515. The minimum Gasteiger partial charge on any atom is -0.389 e. The summed E-state index contributed by atoms with van der Waals surface area (Å²) in [7, 11) is 0. The molecule has 0 spiro atoms. The number of aliphatic hydroxyl groups is 1. The second-order valence-electron chi connectivity index (χ2n) is 7.12. The number of benzene rings is 2. The van der Waals surface area contributed by atoms with Crippen LogP contribution in [0, 0.1) is 13.8 Å². The minimum absolute atomic E-state index is 0.515. The third-order valence-corrected chi connectivity index (χ3v) is 5.99. The molecule has 1 atom stereocenters. The summed E-state index contributed by atoms with van der Waals surface area (Å²) in [6, 6.07) is 20.2. The fourth-order valence-corrected chi connectivity index (χ4v) is 4.53. The molecule has 2 aromatic heterocycles. The predicted octanol–water partition coefficient (Wildman–Crippen LogP) is 6.29. The Kier molecular flexibility index (Phi) is 5.43. The molecule has 0 saturated heterocycles. The average Bonchev–Trinajstić information content (AvgIpc) is 3.18. The summed E-state index contributed by atoms with van der Waals surface area (Å²) in [4.78, 5) is 11.4. The molecule has 0 bridgehead atoms. The molecular formula is C24H23N3OS. The van der Waals surface area contributed by atoms with Crippen LogP contribution in [-0.4, -0.2) is 15.1 Å². The Morgan fingerprint density at radius 3 is 2.41 bits per heavy atom. The lowest BCUT2D eigenvalue weighted by atomic mass is 10.0. The van der Waals surface area contributed by atoms with Crippen molar-refractivity contribution in [1.82, 2.24) is 9.97 Å². The molecule has 1 unspecified atom stereocenters. The van der Waals surface area contributed by atoms with Crippen molar-refractivity contribution in [2.75, 3.05) is 5.32 Å². The zero-order chi connectivity index (χ0) is 20.4. The number of nitrogens with one attached hydrogen (secondary N) is 1. The molecule has 0 fully saturated rings. The number of anilines is 2. The molecule has 0 amide bonds. The highest BCUT2D eigenvalue weighted by Crippen LogP contribution is 2.37. The van der Waals surface area contributed by atoms with Crippen LogP contribution in [0.1, 0.15) is 29.7 Å². The number of thiophene rings is 1. The first kappa shape index (κ1) is 19.3. The summed E-state index contributed by atoms with van der Waals surface area (Å²) < 4.78 is 0. The van der Waals surface area contributed by atoms with Crippen molar-refractivity contribution in [2.24, 2.45) is 0 Å². The quantitative estimate of drug-likeness (QED) is 0.413.